The Balaban J connectivity index is 1.28. The fraction of sp³-hybridized carbons (Fsp3) is 0.409. The van der Waals surface area contributed by atoms with Crippen molar-refractivity contribution in [3.63, 3.8) is 0 Å². The maximum absolute atomic E-state index is 12.9. The van der Waals surface area contributed by atoms with E-state index >= 15 is 0 Å². The maximum atomic E-state index is 12.9. The van der Waals surface area contributed by atoms with E-state index in [0.717, 1.165) is 51.0 Å². The fourth-order valence-electron chi connectivity index (χ4n) is 4.08. The summed E-state index contributed by atoms with van der Waals surface area (Å²) in [6.07, 6.45) is 7.04. The number of aromatic nitrogens is 1. The standard InChI is InChI=1S/C22H26N4O2/c27-21(26-13-3-5-17-4-1-2-6-20(17)26)16-25-14-9-19(10-15-25)24-22(28)18-7-11-23-12-8-18/h1-2,4,6-8,11-12,19H,3,5,9-10,13-16H2,(H,24,28). The van der Waals surface area contributed by atoms with E-state index in [9.17, 15) is 9.59 Å². The molecule has 1 fully saturated rings. The molecule has 0 atom stereocenters. The Morgan fingerprint density at radius 3 is 2.57 bits per heavy atom. The van der Waals surface area contributed by atoms with Gasteiger partial charge in [0.2, 0.25) is 5.91 Å². The minimum atomic E-state index is -0.0538. The average Bonchev–Trinajstić information content (AvgIpc) is 2.75. The Hall–Kier alpha value is -2.73. The second-order valence-corrected chi connectivity index (χ2v) is 7.54. The summed E-state index contributed by atoms with van der Waals surface area (Å²) >= 11 is 0. The van der Waals surface area contributed by atoms with Crippen molar-refractivity contribution < 1.29 is 9.59 Å². The molecule has 0 bridgehead atoms. The summed E-state index contributed by atoms with van der Waals surface area (Å²) in [5, 5.41) is 3.10. The van der Waals surface area contributed by atoms with Crippen molar-refractivity contribution in [2.45, 2.75) is 31.7 Å². The minimum Gasteiger partial charge on any atom is -0.349 e. The van der Waals surface area contributed by atoms with Gasteiger partial charge < -0.3 is 10.2 Å². The summed E-state index contributed by atoms with van der Waals surface area (Å²) in [5.41, 5.74) is 2.97. The molecule has 1 aromatic heterocycles. The molecule has 1 saturated heterocycles. The molecule has 2 aliphatic heterocycles. The van der Waals surface area contributed by atoms with Crippen LogP contribution in [0.1, 0.15) is 35.2 Å². The van der Waals surface area contributed by atoms with Crippen LogP contribution in [-0.2, 0) is 11.2 Å². The zero-order valence-electron chi connectivity index (χ0n) is 16.0. The van der Waals surface area contributed by atoms with Crippen molar-refractivity contribution in [2.24, 2.45) is 0 Å². The van der Waals surface area contributed by atoms with Crippen LogP contribution in [0.4, 0.5) is 5.69 Å². The number of hydrogen-bond donors (Lipinski definition) is 1. The maximum Gasteiger partial charge on any atom is 0.251 e. The highest BCUT2D eigenvalue weighted by Crippen LogP contribution is 2.27. The molecule has 28 heavy (non-hydrogen) atoms. The first-order valence-corrected chi connectivity index (χ1v) is 10.0. The van der Waals surface area contributed by atoms with Gasteiger partial charge in [0.25, 0.3) is 5.91 Å². The van der Waals surface area contributed by atoms with Gasteiger partial charge in [-0.15, -0.1) is 0 Å². The van der Waals surface area contributed by atoms with Crippen LogP contribution < -0.4 is 10.2 Å². The number of carbonyl (C=O) groups excluding carboxylic acids is 2. The van der Waals surface area contributed by atoms with Crippen molar-refractivity contribution in [1.82, 2.24) is 15.2 Å². The molecule has 2 aliphatic rings. The van der Waals surface area contributed by atoms with Gasteiger partial charge in [0, 0.05) is 49.3 Å². The van der Waals surface area contributed by atoms with E-state index in [1.165, 1.54) is 5.56 Å². The van der Waals surface area contributed by atoms with Gasteiger partial charge in [-0.1, -0.05) is 18.2 Å². The number of pyridine rings is 1. The average molecular weight is 378 g/mol. The third-order valence-corrected chi connectivity index (χ3v) is 5.64. The van der Waals surface area contributed by atoms with Gasteiger partial charge in [0.15, 0.2) is 0 Å². The van der Waals surface area contributed by atoms with Gasteiger partial charge in [-0.2, -0.15) is 0 Å². The van der Waals surface area contributed by atoms with Crippen LogP contribution in [-0.4, -0.2) is 53.9 Å². The van der Waals surface area contributed by atoms with Crippen LogP contribution in [0.25, 0.3) is 0 Å². The van der Waals surface area contributed by atoms with Gasteiger partial charge in [-0.25, -0.2) is 0 Å². The number of carbonyl (C=O) groups is 2. The van der Waals surface area contributed by atoms with Crippen LogP contribution in [0.15, 0.2) is 48.8 Å². The summed E-state index contributed by atoms with van der Waals surface area (Å²) in [4.78, 5) is 33.3. The molecule has 2 aromatic rings. The third-order valence-electron chi connectivity index (χ3n) is 5.64. The number of rotatable bonds is 4. The summed E-state index contributed by atoms with van der Waals surface area (Å²) in [6.45, 7) is 2.89. The van der Waals surface area contributed by atoms with Crippen LogP contribution >= 0.6 is 0 Å². The summed E-state index contributed by atoms with van der Waals surface area (Å²) in [7, 11) is 0. The molecule has 146 valence electrons. The SMILES string of the molecule is O=C(NC1CCN(CC(=O)N2CCCc3ccccc32)CC1)c1ccncc1. The normalized spacial score (nSPS) is 17.8. The highest BCUT2D eigenvalue weighted by Gasteiger charge is 2.26. The minimum absolute atomic E-state index is 0.0538. The summed E-state index contributed by atoms with van der Waals surface area (Å²) < 4.78 is 0. The largest absolute Gasteiger partial charge is 0.349 e. The fourth-order valence-corrected chi connectivity index (χ4v) is 4.08. The first-order chi connectivity index (χ1) is 13.7. The smallest absolute Gasteiger partial charge is 0.251 e. The second-order valence-electron chi connectivity index (χ2n) is 7.54. The molecule has 0 spiro atoms. The molecule has 3 heterocycles. The molecule has 1 N–H and O–H groups in total. The predicted octanol–water partition coefficient (Wildman–Crippen LogP) is 2.26. The molecule has 6 nitrogen and oxygen atoms in total. The van der Waals surface area contributed by atoms with Crippen LogP contribution in [0.2, 0.25) is 0 Å². The number of benzene rings is 1. The van der Waals surface area contributed by atoms with E-state index in [4.69, 9.17) is 0 Å². The Morgan fingerprint density at radius 1 is 1.04 bits per heavy atom. The van der Waals surface area contributed by atoms with Gasteiger partial charge >= 0.3 is 0 Å². The van der Waals surface area contributed by atoms with Gasteiger partial charge in [0.1, 0.15) is 0 Å². The number of nitrogens with zero attached hydrogens (tertiary/aromatic N) is 3. The molecule has 0 aliphatic carbocycles. The number of aryl methyl sites for hydroxylation is 1. The van der Waals surface area contributed by atoms with Crippen molar-refractivity contribution in [3.05, 3.63) is 59.9 Å². The lowest BCUT2D eigenvalue weighted by atomic mass is 10.0. The van der Waals surface area contributed by atoms with E-state index in [-0.39, 0.29) is 17.9 Å². The number of nitrogens with one attached hydrogen (secondary N) is 1. The summed E-state index contributed by atoms with van der Waals surface area (Å²) in [6, 6.07) is 11.8. The molecule has 1 aromatic carbocycles. The number of hydrogen-bond acceptors (Lipinski definition) is 4. The van der Waals surface area contributed by atoms with Crippen molar-refractivity contribution in [1.29, 1.82) is 0 Å². The van der Waals surface area contributed by atoms with Crippen LogP contribution in [0.3, 0.4) is 0 Å². The quantitative estimate of drug-likeness (QED) is 0.886. The number of likely N-dealkylation sites (tertiary alicyclic amines) is 1. The summed E-state index contributed by atoms with van der Waals surface area (Å²) in [5.74, 6) is 0.119. The van der Waals surface area contributed by atoms with E-state index in [0.29, 0.717) is 12.1 Å². The zero-order chi connectivity index (χ0) is 19.3. The Bertz CT molecular complexity index is 831. The second kappa shape index (κ2) is 8.52. The Labute approximate surface area is 165 Å². The van der Waals surface area contributed by atoms with Gasteiger partial charge in [-0.3, -0.25) is 19.5 Å². The van der Waals surface area contributed by atoms with E-state index in [2.05, 4.69) is 21.3 Å². The third kappa shape index (κ3) is 4.22. The number of amides is 2. The molecular weight excluding hydrogens is 352 g/mol. The Kier molecular flexibility index (Phi) is 5.67. The first kappa shape index (κ1) is 18.6. The van der Waals surface area contributed by atoms with E-state index in [1.807, 2.05) is 23.1 Å². The Morgan fingerprint density at radius 2 is 1.79 bits per heavy atom. The first-order valence-electron chi connectivity index (χ1n) is 10.0. The van der Waals surface area contributed by atoms with Crippen molar-refractivity contribution >= 4 is 17.5 Å². The highest BCUT2D eigenvalue weighted by atomic mass is 16.2. The molecule has 0 radical (unpaired) electrons. The predicted molar refractivity (Wildman–Crippen MR) is 108 cm³/mol. The van der Waals surface area contributed by atoms with Crippen molar-refractivity contribution in [2.75, 3.05) is 31.1 Å². The zero-order valence-corrected chi connectivity index (χ0v) is 16.0. The monoisotopic (exact) mass is 378 g/mol. The molecule has 6 heteroatoms. The number of para-hydroxylation sites is 1. The number of piperidine rings is 1. The number of fused-ring (bicyclic) bond motifs is 1. The molecule has 4 rings (SSSR count). The van der Waals surface area contributed by atoms with Crippen molar-refractivity contribution in [3.8, 4) is 0 Å². The van der Waals surface area contributed by atoms with E-state index < -0.39 is 0 Å². The lowest BCUT2D eigenvalue weighted by molar-refractivity contribution is -0.120. The van der Waals surface area contributed by atoms with Gasteiger partial charge in [-0.05, 0) is 49.4 Å². The molecule has 0 saturated carbocycles. The topological polar surface area (TPSA) is 65.5 Å². The number of anilines is 1. The highest BCUT2D eigenvalue weighted by molar-refractivity contribution is 5.96. The van der Waals surface area contributed by atoms with E-state index in [1.54, 1.807) is 24.5 Å². The molecule has 2 amide bonds. The van der Waals surface area contributed by atoms with Crippen LogP contribution in [0, 0.1) is 0 Å². The molecule has 0 unspecified atom stereocenters. The lowest BCUT2D eigenvalue weighted by Crippen LogP contribution is -2.48. The molecular formula is C22H26N4O2. The van der Waals surface area contributed by atoms with Gasteiger partial charge in [0.05, 0.1) is 6.54 Å². The van der Waals surface area contributed by atoms with Crippen LogP contribution in [0.5, 0.6) is 0 Å². The lowest BCUT2D eigenvalue weighted by Gasteiger charge is -2.35.